The predicted molar refractivity (Wildman–Crippen MR) is 117 cm³/mol. The second-order valence-corrected chi connectivity index (χ2v) is 10.3. The zero-order chi connectivity index (χ0) is 21.7. The molecular formula is C23H24ClN3O2S. The van der Waals surface area contributed by atoms with Crippen molar-refractivity contribution in [2.75, 3.05) is 19.3 Å². The van der Waals surface area contributed by atoms with Crippen LogP contribution in [-0.4, -0.2) is 32.1 Å². The highest BCUT2D eigenvalue weighted by Gasteiger charge is 2.33. The van der Waals surface area contributed by atoms with Crippen molar-refractivity contribution in [3.05, 3.63) is 69.7 Å². The number of sulfonamides is 1. The quantitative estimate of drug-likeness (QED) is 0.645. The van der Waals surface area contributed by atoms with Crippen LogP contribution >= 0.6 is 11.6 Å². The summed E-state index contributed by atoms with van der Waals surface area (Å²) in [6.45, 7) is 1.06. The first-order valence-corrected chi connectivity index (χ1v) is 12.2. The topological polar surface area (TPSA) is 85.0 Å². The first kappa shape index (κ1) is 22.3. The number of hydrogen-bond acceptors (Lipinski definition) is 4. The van der Waals surface area contributed by atoms with Gasteiger partial charge in [0.2, 0.25) is 10.0 Å². The van der Waals surface area contributed by atoms with Crippen molar-refractivity contribution < 1.29 is 8.42 Å². The van der Waals surface area contributed by atoms with Crippen LogP contribution in [0.3, 0.4) is 0 Å². The third kappa shape index (κ3) is 5.40. The number of halogens is 1. The molecule has 1 unspecified atom stereocenters. The van der Waals surface area contributed by atoms with E-state index >= 15 is 0 Å². The molecule has 1 fully saturated rings. The Kier molecular flexibility index (Phi) is 7.15. The summed E-state index contributed by atoms with van der Waals surface area (Å²) in [6.07, 6.45) is 4.44. The van der Waals surface area contributed by atoms with Gasteiger partial charge in [0.1, 0.15) is 6.07 Å². The second kappa shape index (κ2) is 9.62. The summed E-state index contributed by atoms with van der Waals surface area (Å²) in [7, 11) is -3.20. The molecule has 0 amide bonds. The minimum atomic E-state index is -3.20. The van der Waals surface area contributed by atoms with Gasteiger partial charge in [-0.1, -0.05) is 35.9 Å². The van der Waals surface area contributed by atoms with Gasteiger partial charge in [0.25, 0.3) is 0 Å². The second-order valence-electron chi connectivity index (χ2n) is 7.87. The Bertz CT molecular complexity index is 1100. The molecule has 1 saturated heterocycles. The van der Waals surface area contributed by atoms with E-state index in [0.717, 1.165) is 36.8 Å². The van der Waals surface area contributed by atoms with E-state index in [2.05, 4.69) is 12.1 Å². The lowest BCUT2D eigenvalue weighted by atomic mass is 9.81. The maximum atomic E-state index is 12.0. The highest BCUT2D eigenvalue weighted by atomic mass is 35.5. The normalized spacial score (nSPS) is 17.9. The van der Waals surface area contributed by atoms with Crippen LogP contribution in [0.4, 0.5) is 0 Å². The lowest BCUT2D eigenvalue weighted by molar-refractivity contribution is 0.319. The van der Waals surface area contributed by atoms with Gasteiger partial charge in [-0.2, -0.15) is 10.5 Å². The molecule has 5 nitrogen and oxygen atoms in total. The van der Waals surface area contributed by atoms with Gasteiger partial charge in [-0.25, -0.2) is 12.7 Å². The van der Waals surface area contributed by atoms with Gasteiger partial charge in [-0.05, 0) is 66.8 Å². The van der Waals surface area contributed by atoms with Crippen molar-refractivity contribution in [3.63, 3.8) is 0 Å². The average molecular weight is 442 g/mol. The smallest absolute Gasteiger partial charge is 0.211 e. The standard InChI is InChI=1S/C23H24ClN3O2S/c1-30(28,29)27-11-10-22(16-27)19(13-18-4-2-3-5-20(18)14-25)8-6-17-7-9-21(15-26)23(24)12-17/h2-5,7,9,12,19,22H,6,8,10-11,13,16H2,1H3/t19-,22?/m0/s1. The third-order valence-corrected chi connectivity index (χ3v) is 7.48. The molecule has 2 aromatic carbocycles. The summed E-state index contributed by atoms with van der Waals surface area (Å²) >= 11 is 6.18. The maximum absolute atomic E-state index is 12.0. The summed E-state index contributed by atoms with van der Waals surface area (Å²) < 4.78 is 25.5. The van der Waals surface area contributed by atoms with Gasteiger partial charge >= 0.3 is 0 Å². The summed E-state index contributed by atoms with van der Waals surface area (Å²) in [5.74, 6) is 0.473. The van der Waals surface area contributed by atoms with Crippen LogP contribution < -0.4 is 0 Å². The van der Waals surface area contributed by atoms with Crippen LogP contribution in [-0.2, 0) is 22.9 Å². The molecule has 0 bridgehead atoms. The molecule has 0 spiro atoms. The Morgan fingerprint density at radius 3 is 2.53 bits per heavy atom. The largest absolute Gasteiger partial charge is 0.213 e. The minimum absolute atomic E-state index is 0.236. The molecule has 0 aromatic heterocycles. The molecule has 7 heteroatoms. The summed E-state index contributed by atoms with van der Waals surface area (Å²) in [5, 5.41) is 19.0. The van der Waals surface area contributed by atoms with Crippen molar-refractivity contribution in [2.45, 2.75) is 25.7 Å². The molecule has 3 rings (SSSR count). The SMILES string of the molecule is CS(=O)(=O)N1CCC([C@@H](CCc2ccc(C#N)c(Cl)c2)Cc2ccccc2C#N)C1. The van der Waals surface area contributed by atoms with Crippen LogP contribution in [0.25, 0.3) is 0 Å². The molecule has 30 heavy (non-hydrogen) atoms. The van der Waals surface area contributed by atoms with Crippen LogP contribution in [0.5, 0.6) is 0 Å². The molecule has 1 aliphatic heterocycles. The highest BCUT2D eigenvalue weighted by Crippen LogP contribution is 2.32. The Balaban J connectivity index is 1.80. The Morgan fingerprint density at radius 2 is 1.90 bits per heavy atom. The van der Waals surface area contributed by atoms with Crippen molar-refractivity contribution in [3.8, 4) is 12.1 Å². The summed E-state index contributed by atoms with van der Waals surface area (Å²) in [5.41, 5.74) is 3.18. The minimum Gasteiger partial charge on any atom is -0.213 e. The fourth-order valence-corrected chi connectivity index (χ4v) is 5.34. The van der Waals surface area contributed by atoms with Gasteiger partial charge in [-0.15, -0.1) is 0 Å². The van der Waals surface area contributed by atoms with E-state index in [9.17, 15) is 13.7 Å². The van der Waals surface area contributed by atoms with Crippen molar-refractivity contribution in [1.29, 1.82) is 10.5 Å². The summed E-state index contributed by atoms with van der Waals surface area (Å²) in [4.78, 5) is 0. The molecule has 2 aromatic rings. The molecule has 0 N–H and O–H groups in total. The van der Waals surface area contributed by atoms with Gasteiger partial charge in [0.15, 0.2) is 0 Å². The van der Waals surface area contributed by atoms with E-state index in [1.807, 2.05) is 36.4 Å². The van der Waals surface area contributed by atoms with Crippen LogP contribution in [0.2, 0.25) is 5.02 Å². The van der Waals surface area contributed by atoms with Gasteiger partial charge < -0.3 is 0 Å². The summed E-state index contributed by atoms with van der Waals surface area (Å²) in [6, 6.07) is 17.4. The fourth-order valence-electron chi connectivity index (χ4n) is 4.19. The number of benzene rings is 2. The Hall–Kier alpha value is -2.38. The van der Waals surface area contributed by atoms with Gasteiger partial charge in [0, 0.05) is 13.1 Å². The average Bonchev–Trinajstić information content (AvgIpc) is 3.22. The number of nitrogens with zero attached hydrogens (tertiary/aromatic N) is 3. The van der Waals surface area contributed by atoms with E-state index < -0.39 is 10.0 Å². The van der Waals surface area contributed by atoms with Gasteiger partial charge in [-0.3, -0.25) is 0 Å². The van der Waals surface area contributed by atoms with E-state index in [-0.39, 0.29) is 11.8 Å². The van der Waals surface area contributed by atoms with Crippen molar-refractivity contribution >= 4 is 21.6 Å². The molecule has 156 valence electrons. The Labute approximate surface area is 183 Å². The number of hydrogen-bond donors (Lipinski definition) is 0. The first-order valence-electron chi connectivity index (χ1n) is 9.93. The first-order chi connectivity index (χ1) is 14.3. The van der Waals surface area contributed by atoms with Crippen LogP contribution in [0.1, 0.15) is 35.1 Å². The molecule has 1 heterocycles. The van der Waals surface area contributed by atoms with Gasteiger partial charge in [0.05, 0.1) is 28.5 Å². The lowest BCUT2D eigenvalue weighted by Gasteiger charge is -2.24. The molecule has 1 aliphatic rings. The molecule has 0 radical (unpaired) electrons. The van der Waals surface area contributed by atoms with E-state index in [1.54, 1.807) is 10.4 Å². The van der Waals surface area contributed by atoms with Crippen molar-refractivity contribution in [2.24, 2.45) is 11.8 Å². The van der Waals surface area contributed by atoms with E-state index in [4.69, 9.17) is 16.9 Å². The predicted octanol–water partition coefficient (Wildman–Crippen LogP) is 4.16. The monoisotopic (exact) mass is 441 g/mol. The number of rotatable bonds is 7. The number of nitriles is 2. The maximum Gasteiger partial charge on any atom is 0.211 e. The highest BCUT2D eigenvalue weighted by molar-refractivity contribution is 7.88. The lowest BCUT2D eigenvalue weighted by Crippen LogP contribution is -2.29. The third-order valence-electron chi connectivity index (χ3n) is 5.90. The van der Waals surface area contributed by atoms with Crippen molar-refractivity contribution in [1.82, 2.24) is 4.31 Å². The molecule has 2 atom stereocenters. The zero-order valence-corrected chi connectivity index (χ0v) is 18.5. The molecular weight excluding hydrogens is 418 g/mol. The molecule has 0 aliphatic carbocycles. The Morgan fingerprint density at radius 1 is 1.17 bits per heavy atom. The van der Waals surface area contributed by atoms with E-state index in [0.29, 0.717) is 29.2 Å². The van der Waals surface area contributed by atoms with Crippen LogP contribution in [0, 0.1) is 34.5 Å². The fraction of sp³-hybridized carbons (Fsp3) is 0.391. The zero-order valence-electron chi connectivity index (χ0n) is 16.9. The van der Waals surface area contributed by atoms with Crippen LogP contribution in [0.15, 0.2) is 42.5 Å². The number of aryl methyl sites for hydroxylation is 1. The van der Waals surface area contributed by atoms with E-state index in [1.165, 1.54) is 6.26 Å². The molecule has 0 saturated carbocycles.